The quantitative estimate of drug-likeness (QED) is 0.114. The molecule has 1 rings (SSSR count). The Bertz CT molecular complexity index is 737. The number of esters is 2. The molecule has 38 heavy (non-hydrogen) atoms. The summed E-state index contributed by atoms with van der Waals surface area (Å²) >= 11 is 0. The maximum Gasteiger partial charge on any atom is 0.341 e. The molecule has 0 fully saturated rings. The third-order valence-corrected chi connectivity index (χ3v) is 5.15. The van der Waals surface area contributed by atoms with Crippen LogP contribution in [0.5, 0.6) is 0 Å². The minimum absolute atomic E-state index is 0.0345. The van der Waals surface area contributed by atoms with Crippen molar-refractivity contribution in [3.05, 3.63) is 35.4 Å². The second-order valence-corrected chi connectivity index (χ2v) is 8.75. The number of unbranched alkanes of at least 4 members (excludes halogenated alkanes) is 2. The number of carbonyl (C=O) groups is 2. The number of ether oxygens (including phenoxy) is 8. The Morgan fingerprint density at radius 3 is 1.26 bits per heavy atom. The molecule has 0 aliphatic heterocycles. The smallest absolute Gasteiger partial charge is 0.341 e. The number of carbonyl (C=O) groups excluding carboxylic acids is 2. The summed E-state index contributed by atoms with van der Waals surface area (Å²) in [7, 11) is 0. The zero-order chi connectivity index (χ0) is 28.5. The Morgan fingerprint density at radius 1 is 0.579 bits per heavy atom. The fourth-order valence-electron chi connectivity index (χ4n) is 3.33. The lowest BCUT2D eigenvalue weighted by Crippen LogP contribution is -2.30. The third-order valence-electron chi connectivity index (χ3n) is 5.15. The van der Waals surface area contributed by atoms with Gasteiger partial charge in [0, 0.05) is 13.2 Å². The number of hydrogen-bond acceptors (Lipinski definition) is 10. The summed E-state index contributed by atoms with van der Waals surface area (Å²) in [5.41, 5.74) is 0.0690. The summed E-state index contributed by atoms with van der Waals surface area (Å²) in [6.07, 6.45) is -0.269. The maximum atomic E-state index is 12.8. The van der Waals surface area contributed by atoms with Gasteiger partial charge in [-0.25, -0.2) is 9.59 Å². The second kappa shape index (κ2) is 19.1. The predicted molar refractivity (Wildman–Crippen MR) is 140 cm³/mol. The molecule has 0 aliphatic carbocycles. The zero-order valence-corrected chi connectivity index (χ0v) is 24.1. The Labute approximate surface area is 227 Å². The van der Waals surface area contributed by atoms with E-state index in [9.17, 15) is 9.59 Å². The van der Waals surface area contributed by atoms with Crippen molar-refractivity contribution in [1.29, 1.82) is 0 Å². The van der Waals surface area contributed by atoms with Gasteiger partial charge in [0.1, 0.15) is 0 Å². The molecule has 10 nitrogen and oxygen atoms in total. The molecule has 0 amide bonds. The Hall–Kier alpha value is -2.08. The van der Waals surface area contributed by atoms with E-state index in [2.05, 4.69) is 13.8 Å². The SMILES string of the molecule is CCCCOC(C)OC(C)OC(C)OC(=O)c1ccccc1C(=O)OC(C)OC(C)OC(C)OCCCC. The van der Waals surface area contributed by atoms with Gasteiger partial charge in [-0.15, -0.1) is 0 Å². The Morgan fingerprint density at radius 2 is 0.921 bits per heavy atom. The van der Waals surface area contributed by atoms with Gasteiger partial charge in [-0.2, -0.15) is 0 Å². The highest BCUT2D eigenvalue weighted by Gasteiger charge is 2.24. The topological polar surface area (TPSA) is 108 Å². The molecule has 0 N–H and O–H groups in total. The third kappa shape index (κ3) is 14.2. The zero-order valence-electron chi connectivity index (χ0n) is 24.1. The van der Waals surface area contributed by atoms with Crippen molar-refractivity contribution < 1.29 is 47.5 Å². The van der Waals surface area contributed by atoms with Gasteiger partial charge in [-0.05, 0) is 66.5 Å². The summed E-state index contributed by atoms with van der Waals surface area (Å²) in [5, 5.41) is 0. The molecular formula is C28H46O10. The van der Waals surface area contributed by atoms with Crippen molar-refractivity contribution in [3.8, 4) is 0 Å². The van der Waals surface area contributed by atoms with Crippen LogP contribution in [0, 0.1) is 0 Å². The standard InChI is InChI=1S/C28H46O10/c1-9-11-17-31-19(3)33-21(5)35-23(7)37-27(29)25-15-13-14-16-26(25)28(30)38-24(8)36-22(6)34-20(4)32-18-12-10-2/h13-16,19-24H,9-12,17-18H2,1-8H3. The molecule has 6 atom stereocenters. The molecule has 0 heterocycles. The van der Waals surface area contributed by atoms with Crippen molar-refractivity contribution in [2.75, 3.05) is 13.2 Å². The van der Waals surface area contributed by atoms with E-state index >= 15 is 0 Å². The van der Waals surface area contributed by atoms with Crippen LogP contribution in [0.15, 0.2) is 24.3 Å². The molecule has 0 radical (unpaired) electrons. The van der Waals surface area contributed by atoms with Crippen molar-refractivity contribution in [1.82, 2.24) is 0 Å². The summed E-state index contributed by atoms with van der Waals surface area (Å²) in [6, 6.07) is 6.19. The van der Waals surface area contributed by atoms with Crippen molar-refractivity contribution in [2.24, 2.45) is 0 Å². The first kappa shape index (κ1) is 33.9. The van der Waals surface area contributed by atoms with Gasteiger partial charge in [0.15, 0.2) is 25.2 Å². The van der Waals surface area contributed by atoms with E-state index in [0.29, 0.717) is 13.2 Å². The minimum Gasteiger partial charge on any atom is -0.432 e. The second-order valence-electron chi connectivity index (χ2n) is 8.75. The van der Waals surface area contributed by atoms with Crippen LogP contribution in [-0.2, 0) is 37.9 Å². The average Bonchev–Trinajstić information content (AvgIpc) is 2.83. The van der Waals surface area contributed by atoms with Crippen LogP contribution in [-0.4, -0.2) is 62.9 Å². The van der Waals surface area contributed by atoms with Gasteiger partial charge in [0.2, 0.25) is 12.6 Å². The minimum atomic E-state index is -0.939. The molecule has 6 unspecified atom stereocenters. The lowest BCUT2D eigenvalue weighted by Gasteiger charge is -2.24. The molecular weight excluding hydrogens is 496 g/mol. The van der Waals surface area contributed by atoms with Gasteiger partial charge < -0.3 is 37.9 Å². The lowest BCUT2D eigenvalue weighted by atomic mass is 10.1. The highest BCUT2D eigenvalue weighted by atomic mass is 16.8. The van der Waals surface area contributed by atoms with Crippen molar-refractivity contribution >= 4 is 11.9 Å². The summed E-state index contributed by atoms with van der Waals surface area (Å²) in [6.45, 7) is 15.4. The van der Waals surface area contributed by atoms with Gasteiger partial charge >= 0.3 is 11.9 Å². The van der Waals surface area contributed by atoms with Crippen molar-refractivity contribution in [2.45, 2.75) is 119 Å². The van der Waals surface area contributed by atoms with Crippen LogP contribution < -0.4 is 0 Å². The summed E-state index contributed by atoms with van der Waals surface area (Å²) in [4.78, 5) is 25.6. The van der Waals surface area contributed by atoms with E-state index in [0.717, 1.165) is 25.7 Å². The largest absolute Gasteiger partial charge is 0.432 e. The fourth-order valence-corrected chi connectivity index (χ4v) is 3.33. The first-order valence-corrected chi connectivity index (χ1v) is 13.4. The van der Waals surface area contributed by atoms with Gasteiger partial charge in [-0.1, -0.05) is 38.8 Å². The molecule has 0 spiro atoms. The summed E-state index contributed by atoms with van der Waals surface area (Å²) < 4.78 is 44.2. The predicted octanol–water partition coefficient (Wildman–Crippen LogP) is 5.78. The Balaban J connectivity index is 2.60. The molecule has 1 aromatic rings. The fraction of sp³-hybridized carbons (Fsp3) is 0.714. The van der Waals surface area contributed by atoms with E-state index in [1.807, 2.05) is 0 Å². The van der Waals surface area contributed by atoms with E-state index < -0.39 is 49.7 Å². The molecule has 1 aromatic carbocycles. The first-order valence-electron chi connectivity index (χ1n) is 13.4. The Kier molecular flexibility index (Phi) is 17.0. The molecule has 0 bridgehead atoms. The normalized spacial score (nSPS) is 16.2. The number of hydrogen-bond donors (Lipinski definition) is 0. The van der Waals surface area contributed by atoms with Gasteiger partial charge in [0.05, 0.1) is 11.1 Å². The van der Waals surface area contributed by atoms with E-state index in [4.69, 9.17) is 37.9 Å². The van der Waals surface area contributed by atoms with E-state index in [-0.39, 0.29) is 11.1 Å². The maximum absolute atomic E-state index is 12.8. The summed E-state index contributed by atoms with van der Waals surface area (Å²) in [5.74, 6) is -1.49. The van der Waals surface area contributed by atoms with E-state index in [1.165, 1.54) is 12.1 Å². The van der Waals surface area contributed by atoms with Gasteiger partial charge in [-0.3, -0.25) is 0 Å². The molecule has 0 saturated heterocycles. The molecule has 0 saturated carbocycles. The van der Waals surface area contributed by atoms with Gasteiger partial charge in [0.25, 0.3) is 0 Å². The van der Waals surface area contributed by atoms with E-state index in [1.54, 1.807) is 53.7 Å². The molecule has 10 heteroatoms. The van der Waals surface area contributed by atoms with Crippen LogP contribution >= 0.6 is 0 Å². The number of benzene rings is 1. The first-order chi connectivity index (χ1) is 18.1. The molecule has 218 valence electrons. The van der Waals surface area contributed by atoms with Crippen molar-refractivity contribution in [3.63, 3.8) is 0 Å². The monoisotopic (exact) mass is 542 g/mol. The van der Waals surface area contributed by atoms with Crippen LogP contribution in [0.2, 0.25) is 0 Å². The van der Waals surface area contributed by atoms with Crippen LogP contribution in [0.1, 0.15) is 102 Å². The highest BCUT2D eigenvalue weighted by Crippen LogP contribution is 2.16. The molecule has 0 aliphatic rings. The average molecular weight is 543 g/mol. The van der Waals surface area contributed by atoms with Crippen LogP contribution in [0.3, 0.4) is 0 Å². The highest BCUT2D eigenvalue weighted by molar-refractivity contribution is 6.03. The lowest BCUT2D eigenvalue weighted by molar-refractivity contribution is -0.270. The number of rotatable bonds is 20. The van der Waals surface area contributed by atoms with Crippen LogP contribution in [0.4, 0.5) is 0 Å². The molecule has 0 aromatic heterocycles. The van der Waals surface area contributed by atoms with Crippen LogP contribution in [0.25, 0.3) is 0 Å².